The zero-order valence-corrected chi connectivity index (χ0v) is 32.8. The van der Waals surface area contributed by atoms with Gasteiger partial charge in [-0.2, -0.15) is 0 Å². The van der Waals surface area contributed by atoms with Gasteiger partial charge in [-0.25, -0.2) is 0 Å². The van der Waals surface area contributed by atoms with Gasteiger partial charge >= 0.3 is 5.97 Å². The van der Waals surface area contributed by atoms with Gasteiger partial charge in [-0.3, -0.25) is 9.59 Å². The average Bonchev–Trinajstić information content (AvgIpc) is 3.10. The maximum atomic E-state index is 12.4. The van der Waals surface area contributed by atoms with Crippen LogP contribution in [0.3, 0.4) is 0 Å². The van der Waals surface area contributed by atoms with E-state index in [9.17, 15) is 9.59 Å². The molecule has 0 fully saturated rings. The van der Waals surface area contributed by atoms with Crippen LogP contribution in [0.1, 0.15) is 162 Å². The number of benzene rings is 2. The highest BCUT2D eigenvalue weighted by atomic mass is 28.4. The topological polar surface area (TPSA) is 52.6 Å². The minimum atomic E-state index is -2.43. The van der Waals surface area contributed by atoms with Crippen LogP contribution in [0.5, 0.6) is 0 Å². The Bertz CT molecular complexity index is 1100. The summed E-state index contributed by atoms with van der Waals surface area (Å²) in [7, 11) is -0.971. The lowest BCUT2D eigenvalue weighted by Crippen LogP contribution is -2.66. The van der Waals surface area contributed by atoms with Gasteiger partial charge in [0.15, 0.2) is 0 Å². The summed E-state index contributed by atoms with van der Waals surface area (Å²) < 4.78 is 11.7. The highest BCUT2D eigenvalue weighted by Crippen LogP contribution is 2.36. The summed E-state index contributed by atoms with van der Waals surface area (Å²) in [6, 6.07) is 21.8. The Morgan fingerprint density at radius 3 is 1.37 bits per heavy atom. The Labute approximate surface area is 302 Å². The number of methoxy groups -OCH3 is 1. The second-order valence-electron chi connectivity index (χ2n) is 14.9. The van der Waals surface area contributed by atoms with E-state index >= 15 is 0 Å². The van der Waals surface area contributed by atoms with Gasteiger partial charge in [0.1, 0.15) is 5.78 Å². The van der Waals surface area contributed by atoms with E-state index in [-0.39, 0.29) is 11.0 Å². The standard InChI is InChI=1S/C44H70O4Si/c1-44(2,3)49(41-34-26-22-27-35-41,42-36-28-23-29-37-42)48-39-31-21-17-16-19-25-33-40(45)32-24-18-14-12-10-8-6-5-7-9-11-13-15-20-30-38-43(46)47-4/h5,7,22-23,26-29,34-37H,6,8-21,24-25,30-33,38-39H2,1-4H3. The van der Waals surface area contributed by atoms with E-state index in [0.717, 1.165) is 58.0 Å². The third-order valence-electron chi connectivity index (χ3n) is 9.81. The summed E-state index contributed by atoms with van der Waals surface area (Å²) >= 11 is 0. The van der Waals surface area contributed by atoms with E-state index in [1.807, 2.05) is 0 Å². The summed E-state index contributed by atoms with van der Waals surface area (Å²) in [5.74, 6) is 0.372. The molecule has 0 heterocycles. The molecule has 0 aliphatic carbocycles. The van der Waals surface area contributed by atoms with Crippen LogP contribution in [0.4, 0.5) is 0 Å². The molecule has 0 saturated heterocycles. The van der Waals surface area contributed by atoms with Gasteiger partial charge in [0.25, 0.3) is 8.32 Å². The molecule has 0 spiro atoms. The second-order valence-corrected chi connectivity index (χ2v) is 19.2. The number of unbranched alkanes of at least 4 members (excludes halogenated alkanes) is 16. The Balaban J connectivity index is 1.44. The van der Waals surface area contributed by atoms with Gasteiger partial charge in [0.2, 0.25) is 0 Å². The number of allylic oxidation sites excluding steroid dienone is 2. The van der Waals surface area contributed by atoms with E-state index in [4.69, 9.17) is 4.43 Å². The lowest BCUT2D eigenvalue weighted by molar-refractivity contribution is -0.140. The fraction of sp³-hybridized carbons (Fsp3) is 0.636. The molecule has 0 N–H and O–H groups in total. The van der Waals surface area contributed by atoms with E-state index in [1.54, 1.807) is 0 Å². The molecular formula is C44H70O4Si. The second kappa shape index (κ2) is 26.3. The van der Waals surface area contributed by atoms with Crippen molar-refractivity contribution in [2.24, 2.45) is 0 Å². The minimum absolute atomic E-state index is 0.0253. The quantitative estimate of drug-likeness (QED) is 0.0369. The molecule has 274 valence electrons. The lowest BCUT2D eigenvalue weighted by Gasteiger charge is -2.43. The summed E-state index contributed by atoms with van der Waals surface area (Å²) in [5, 5.41) is 2.72. The molecule has 2 aromatic carbocycles. The normalized spacial score (nSPS) is 12.1. The molecule has 0 aromatic heterocycles. The largest absolute Gasteiger partial charge is 0.469 e. The number of carbonyl (C=O) groups is 2. The van der Waals surface area contributed by atoms with Crippen molar-refractivity contribution < 1.29 is 18.8 Å². The van der Waals surface area contributed by atoms with Gasteiger partial charge in [0.05, 0.1) is 7.11 Å². The number of rotatable bonds is 29. The Kier molecular flexibility index (Phi) is 22.9. The first-order valence-electron chi connectivity index (χ1n) is 19.8. The molecule has 0 unspecified atom stereocenters. The number of carbonyl (C=O) groups excluding carboxylic acids is 2. The third-order valence-corrected chi connectivity index (χ3v) is 14.9. The molecular weight excluding hydrogens is 621 g/mol. The molecule has 49 heavy (non-hydrogen) atoms. The number of ether oxygens (including phenoxy) is 1. The van der Waals surface area contributed by atoms with E-state index < -0.39 is 8.32 Å². The van der Waals surface area contributed by atoms with E-state index in [1.165, 1.54) is 101 Å². The highest BCUT2D eigenvalue weighted by Gasteiger charge is 2.49. The van der Waals surface area contributed by atoms with Gasteiger partial charge in [-0.1, -0.05) is 164 Å². The van der Waals surface area contributed by atoms with E-state index in [2.05, 4.69) is 98.3 Å². The number of esters is 1. The maximum Gasteiger partial charge on any atom is 0.305 e. The molecule has 0 aliphatic rings. The van der Waals surface area contributed by atoms with Crippen LogP contribution in [-0.2, 0) is 18.8 Å². The van der Waals surface area contributed by atoms with Crippen LogP contribution in [0.15, 0.2) is 72.8 Å². The number of Topliss-reactive ketones (excluding diaryl/α,β-unsaturated/α-hetero) is 1. The van der Waals surface area contributed by atoms with Crippen LogP contribution in [-0.4, -0.2) is 33.8 Å². The third kappa shape index (κ3) is 17.8. The van der Waals surface area contributed by atoms with Crippen LogP contribution in [0.2, 0.25) is 5.04 Å². The molecule has 0 bridgehead atoms. The Morgan fingerprint density at radius 2 is 0.939 bits per heavy atom. The predicted octanol–water partition coefficient (Wildman–Crippen LogP) is 11.4. The van der Waals surface area contributed by atoms with Crippen molar-refractivity contribution in [1.29, 1.82) is 0 Å². The molecule has 0 aliphatic heterocycles. The van der Waals surface area contributed by atoms with Crippen molar-refractivity contribution >= 4 is 30.4 Å². The van der Waals surface area contributed by atoms with E-state index in [0.29, 0.717) is 12.2 Å². The van der Waals surface area contributed by atoms with Gasteiger partial charge in [0, 0.05) is 25.9 Å². The molecule has 2 rings (SSSR count). The van der Waals surface area contributed by atoms with Crippen LogP contribution >= 0.6 is 0 Å². The highest BCUT2D eigenvalue weighted by molar-refractivity contribution is 6.99. The lowest BCUT2D eigenvalue weighted by atomic mass is 10.0. The zero-order valence-electron chi connectivity index (χ0n) is 31.8. The summed E-state index contributed by atoms with van der Waals surface area (Å²) in [4.78, 5) is 23.5. The fourth-order valence-electron chi connectivity index (χ4n) is 6.93. The summed E-state index contributed by atoms with van der Waals surface area (Å²) in [6.45, 7) is 7.82. The Morgan fingerprint density at radius 1 is 0.551 bits per heavy atom. The first-order valence-corrected chi connectivity index (χ1v) is 21.7. The minimum Gasteiger partial charge on any atom is -0.469 e. The Hall–Kier alpha value is -2.50. The monoisotopic (exact) mass is 691 g/mol. The maximum absolute atomic E-state index is 12.4. The average molecular weight is 691 g/mol. The molecule has 0 amide bonds. The van der Waals surface area contributed by atoms with Crippen molar-refractivity contribution in [2.75, 3.05) is 13.7 Å². The molecule has 4 nitrogen and oxygen atoms in total. The predicted molar refractivity (Wildman–Crippen MR) is 211 cm³/mol. The van der Waals surface area contributed by atoms with Crippen LogP contribution in [0.25, 0.3) is 0 Å². The molecule has 0 saturated carbocycles. The molecule has 0 atom stereocenters. The molecule has 2 aromatic rings. The first-order chi connectivity index (χ1) is 23.8. The van der Waals surface area contributed by atoms with Crippen LogP contribution in [0, 0.1) is 0 Å². The fourth-order valence-corrected chi connectivity index (χ4v) is 11.5. The smallest absolute Gasteiger partial charge is 0.305 e. The van der Waals surface area contributed by atoms with Crippen molar-refractivity contribution in [3.05, 3.63) is 72.8 Å². The zero-order chi connectivity index (χ0) is 35.5. The number of hydrogen-bond donors (Lipinski definition) is 0. The van der Waals surface area contributed by atoms with Crippen molar-refractivity contribution in [2.45, 2.75) is 167 Å². The van der Waals surface area contributed by atoms with Crippen LogP contribution < -0.4 is 10.4 Å². The SMILES string of the molecule is COC(=O)CCCCCCCC=CCCCCCCCCC(=O)CCCCCCCCO[Si](c1ccccc1)(c1ccccc1)C(C)(C)C. The summed E-state index contributed by atoms with van der Waals surface area (Å²) in [6.07, 6.45) is 29.2. The number of hydrogen-bond acceptors (Lipinski definition) is 4. The molecule has 5 heteroatoms. The summed E-state index contributed by atoms with van der Waals surface area (Å²) in [5.41, 5.74) is 0. The van der Waals surface area contributed by atoms with Crippen molar-refractivity contribution in [3.8, 4) is 0 Å². The van der Waals surface area contributed by atoms with Crippen molar-refractivity contribution in [1.82, 2.24) is 0 Å². The van der Waals surface area contributed by atoms with Gasteiger partial charge in [-0.05, 0) is 66.8 Å². The van der Waals surface area contributed by atoms with Crippen molar-refractivity contribution in [3.63, 3.8) is 0 Å². The number of ketones is 1. The molecule has 0 radical (unpaired) electrons. The first kappa shape index (κ1) is 42.7. The van der Waals surface area contributed by atoms with Gasteiger partial charge < -0.3 is 9.16 Å². The van der Waals surface area contributed by atoms with Gasteiger partial charge in [-0.15, -0.1) is 0 Å².